The van der Waals surface area contributed by atoms with Crippen LogP contribution in [0.3, 0.4) is 0 Å². The van der Waals surface area contributed by atoms with E-state index in [2.05, 4.69) is 17.2 Å². The molecule has 2 unspecified atom stereocenters. The molecular weight excluding hydrogens is 306 g/mol. The Balaban J connectivity index is 2.67. The number of carbonyl (C=O) groups excluding carboxylic acids is 2. The summed E-state index contributed by atoms with van der Waals surface area (Å²) in [5, 5.41) is 15.1. The third-order valence-electron chi connectivity index (χ3n) is 3.30. The number of halogens is 2. The van der Waals surface area contributed by atoms with Crippen LogP contribution in [0.2, 0.25) is 0 Å². The number of carbonyl (C=O) groups is 2. The van der Waals surface area contributed by atoms with Gasteiger partial charge in [-0.15, -0.1) is 0 Å². The number of amides is 2. The first-order chi connectivity index (χ1) is 10.9. The molecular formula is C16H20F2N2O3. The first kappa shape index (κ1) is 18.8. The summed E-state index contributed by atoms with van der Waals surface area (Å²) in [4.78, 5) is 22.8. The van der Waals surface area contributed by atoms with E-state index in [4.69, 9.17) is 0 Å². The van der Waals surface area contributed by atoms with Gasteiger partial charge in [0.2, 0.25) is 11.8 Å². The van der Waals surface area contributed by atoms with Crippen molar-refractivity contribution in [1.29, 1.82) is 0 Å². The van der Waals surface area contributed by atoms with Gasteiger partial charge in [0.15, 0.2) is 0 Å². The van der Waals surface area contributed by atoms with Crippen LogP contribution in [0.15, 0.2) is 30.9 Å². The number of hydrogen-bond donors (Lipinski definition) is 3. The average Bonchev–Trinajstić information content (AvgIpc) is 2.52. The zero-order chi connectivity index (χ0) is 17.4. The van der Waals surface area contributed by atoms with Crippen molar-refractivity contribution in [3.8, 4) is 0 Å². The van der Waals surface area contributed by atoms with Crippen LogP contribution < -0.4 is 10.6 Å². The molecule has 1 aromatic carbocycles. The topological polar surface area (TPSA) is 78.4 Å². The molecule has 126 valence electrons. The monoisotopic (exact) mass is 326 g/mol. The SMILES string of the molecule is C=CC(=O)NCCC(=O)NC(CC)C(O)c1c(F)cccc1F. The molecule has 0 saturated heterocycles. The number of aliphatic hydroxyl groups is 1. The molecule has 3 N–H and O–H groups in total. The highest BCUT2D eigenvalue weighted by molar-refractivity contribution is 5.87. The van der Waals surface area contributed by atoms with Crippen molar-refractivity contribution in [2.75, 3.05) is 6.54 Å². The lowest BCUT2D eigenvalue weighted by Crippen LogP contribution is -2.40. The second-order valence-corrected chi connectivity index (χ2v) is 4.91. The van der Waals surface area contributed by atoms with Crippen LogP contribution >= 0.6 is 0 Å². The summed E-state index contributed by atoms with van der Waals surface area (Å²) >= 11 is 0. The molecule has 0 bridgehead atoms. The maximum Gasteiger partial charge on any atom is 0.243 e. The average molecular weight is 326 g/mol. The second-order valence-electron chi connectivity index (χ2n) is 4.91. The van der Waals surface area contributed by atoms with E-state index >= 15 is 0 Å². The predicted molar refractivity (Wildman–Crippen MR) is 81.4 cm³/mol. The van der Waals surface area contributed by atoms with Gasteiger partial charge in [-0.1, -0.05) is 19.6 Å². The van der Waals surface area contributed by atoms with Gasteiger partial charge in [0.05, 0.1) is 11.6 Å². The van der Waals surface area contributed by atoms with Gasteiger partial charge in [-0.25, -0.2) is 8.78 Å². The van der Waals surface area contributed by atoms with Crippen molar-refractivity contribution < 1.29 is 23.5 Å². The van der Waals surface area contributed by atoms with Gasteiger partial charge in [-0.2, -0.15) is 0 Å². The summed E-state index contributed by atoms with van der Waals surface area (Å²) in [6.45, 7) is 5.04. The van der Waals surface area contributed by atoms with Crippen molar-refractivity contribution in [3.63, 3.8) is 0 Å². The molecule has 1 rings (SSSR count). The third kappa shape index (κ3) is 5.45. The molecule has 0 heterocycles. The fourth-order valence-corrected chi connectivity index (χ4v) is 2.05. The minimum absolute atomic E-state index is 0.0252. The van der Waals surface area contributed by atoms with Crippen molar-refractivity contribution in [1.82, 2.24) is 10.6 Å². The lowest BCUT2D eigenvalue weighted by Gasteiger charge is -2.24. The summed E-state index contributed by atoms with van der Waals surface area (Å²) in [5.74, 6) is -2.60. The van der Waals surface area contributed by atoms with Gasteiger partial charge >= 0.3 is 0 Å². The Kier molecular flexibility index (Phi) is 7.34. The van der Waals surface area contributed by atoms with Crippen molar-refractivity contribution in [2.45, 2.75) is 31.9 Å². The van der Waals surface area contributed by atoms with E-state index in [-0.39, 0.29) is 19.4 Å². The molecule has 0 saturated carbocycles. The Morgan fingerprint density at radius 2 is 1.96 bits per heavy atom. The van der Waals surface area contributed by atoms with E-state index in [1.165, 1.54) is 6.07 Å². The van der Waals surface area contributed by atoms with Crippen LogP contribution in [0, 0.1) is 11.6 Å². The molecule has 0 spiro atoms. The smallest absolute Gasteiger partial charge is 0.243 e. The zero-order valence-corrected chi connectivity index (χ0v) is 12.8. The maximum absolute atomic E-state index is 13.7. The number of aliphatic hydroxyl groups excluding tert-OH is 1. The lowest BCUT2D eigenvalue weighted by molar-refractivity contribution is -0.122. The van der Waals surface area contributed by atoms with Crippen molar-refractivity contribution >= 4 is 11.8 Å². The molecule has 0 aliphatic heterocycles. The van der Waals surface area contributed by atoms with E-state index in [0.29, 0.717) is 0 Å². The van der Waals surface area contributed by atoms with E-state index in [0.717, 1.165) is 18.2 Å². The Hall–Kier alpha value is -2.28. The molecule has 2 atom stereocenters. The molecule has 23 heavy (non-hydrogen) atoms. The molecule has 2 amide bonds. The molecule has 5 nitrogen and oxygen atoms in total. The molecule has 0 aliphatic carbocycles. The van der Waals surface area contributed by atoms with Gasteiger partial charge < -0.3 is 15.7 Å². The standard InChI is InChI=1S/C16H20F2N2O3/c1-3-12(20-14(22)8-9-19-13(21)4-2)16(23)15-10(17)6-5-7-11(15)18/h4-7,12,16,23H,2-3,8-9H2,1H3,(H,19,21)(H,20,22). The fourth-order valence-electron chi connectivity index (χ4n) is 2.05. The number of nitrogens with one attached hydrogen (secondary N) is 2. The Morgan fingerprint density at radius 1 is 1.35 bits per heavy atom. The molecule has 0 radical (unpaired) electrons. The quantitative estimate of drug-likeness (QED) is 0.635. The highest BCUT2D eigenvalue weighted by Gasteiger charge is 2.26. The van der Waals surface area contributed by atoms with E-state index < -0.39 is 41.2 Å². The largest absolute Gasteiger partial charge is 0.386 e. The third-order valence-corrected chi connectivity index (χ3v) is 3.30. The minimum atomic E-state index is -1.51. The van der Waals surface area contributed by atoms with Crippen LogP contribution in [-0.2, 0) is 9.59 Å². The predicted octanol–water partition coefficient (Wildman–Crippen LogP) is 1.59. The first-order valence-corrected chi connectivity index (χ1v) is 7.22. The summed E-state index contributed by atoms with van der Waals surface area (Å²) in [7, 11) is 0. The van der Waals surface area contributed by atoms with Gasteiger partial charge in [-0.05, 0) is 24.6 Å². The normalized spacial score (nSPS) is 13.0. The van der Waals surface area contributed by atoms with Crippen molar-refractivity contribution in [2.24, 2.45) is 0 Å². The van der Waals surface area contributed by atoms with Crippen LogP contribution in [0.5, 0.6) is 0 Å². The molecule has 1 aromatic rings. The second kappa shape index (κ2) is 8.99. The summed E-state index contributed by atoms with van der Waals surface area (Å²) < 4.78 is 27.4. The molecule has 0 aromatic heterocycles. The molecule has 0 aliphatic rings. The highest BCUT2D eigenvalue weighted by atomic mass is 19.1. The molecule has 0 fully saturated rings. The first-order valence-electron chi connectivity index (χ1n) is 7.22. The summed E-state index contributed by atoms with van der Waals surface area (Å²) in [6.07, 6.45) is -0.174. The van der Waals surface area contributed by atoms with E-state index in [1.807, 2.05) is 0 Å². The van der Waals surface area contributed by atoms with Crippen LogP contribution in [-0.4, -0.2) is 29.5 Å². The summed E-state index contributed by atoms with van der Waals surface area (Å²) in [6, 6.07) is 2.44. The van der Waals surface area contributed by atoms with E-state index in [9.17, 15) is 23.5 Å². The van der Waals surface area contributed by atoms with Crippen LogP contribution in [0.4, 0.5) is 8.78 Å². The van der Waals surface area contributed by atoms with Gasteiger partial charge in [0, 0.05) is 13.0 Å². The van der Waals surface area contributed by atoms with Gasteiger partial charge in [-0.3, -0.25) is 9.59 Å². The van der Waals surface area contributed by atoms with Gasteiger partial charge in [0.25, 0.3) is 0 Å². The zero-order valence-electron chi connectivity index (χ0n) is 12.8. The highest BCUT2D eigenvalue weighted by Crippen LogP contribution is 2.24. The lowest BCUT2D eigenvalue weighted by atomic mass is 9.99. The Labute approximate surface area is 133 Å². The Morgan fingerprint density at radius 3 is 2.48 bits per heavy atom. The fraction of sp³-hybridized carbons (Fsp3) is 0.375. The summed E-state index contributed by atoms with van der Waals surface area (Å²) in [5.41, 5.74) is -0.473. The van der Waals surface area contributed by atoms with Crippen LogP contribution in [0.1, 0.15) is 31.4 Å². The van der Waals surface area contributed by atoms with Gasteiger partial charge in [0.1, 0.15) is 17.7 Å². The van der Waals surface area contributed by atoms with Crippen molar-refractivity contribution in [3.05, 3.63) is 48.1 Å². The minimum Gasteiger partial charge on any atom is -0.386 e. The number of benzene rings is 1. The number of hydrogen-bond acceptors (Lipinski definition) is 3. The van der Waals surface area contributed by atoms with E-state index in [1.54, 1.807) is 6.92 Å². The maximum atomic E-state index is 13.7. The van der Waals surface area contributed by atoms with Crippen LogP contribution in [0.25, 0.3) is 0 Å². The number of rotatable bonds is 8. The Bertz CT molecular complexity index is 558. The molecule has 7 heteroatoms.